The molecule has 0 atom stereocenters. The number of rotatable bonds is 10. The second-order valence-corrected chi connectivity index (χ2v) is 8.72. The number of ether oxygens (including phenoxy) is 4. The molecule has 0 saturated heterocycles. The van der Waals surface area contributed by atoms with E-state index in [1.807, 2.05) is 32.0 Å². The zero-order valence-electron chi connectivity index (χ0n) is 20.2. The average Bonchev–Trinajstić information content (AvgIpc) is 2.74. The van der Waals surface area contributed by atoms with Gasteiger partial charge in [0.2, 0.25) is 0 Å². The van der Waals surface area contributed by atoms with Crippen molar-refractivity contribution < 1.29 is 28.5 Å². The smallest absolute Gasteiger partial charge is 0.434 e. The minimum absolute atomic E-state index is 0.304. The highest BCUT2D eigenvalue weighted by Gasteiger charge is 2.20. The lowest BCUT2D eigenvalue weighted by Gasteiger charge is -2.16. The van der Waals surface area contributed by atoms with Crippen molar-refractivity contribution in [3.05, 3.63) is 35.4 Å². The van der Waals surface area contributed by atoms with Crippen LogP contribution in [-0.4, -0.2) is 25.5 Å². The molecule has 0 amide bonds. The molecule has 0 heterocycles. The number of carbonyl (C=O) groups is 2. The molecule has 0 aliphatic heterocycles. The van der Waals surface area contributed by atoms with E-state index in [9.17, 15) is 9.59 Å². The van der Waals surface area contributed by atoms with Gasteiger partial charge in [0, 0.05) is 10.8 Å². The SMILES string of the molecule is CCc1ccc2c(OC(=O)OCCC(C)C)c(CC)cc(OC(=O)OCCC(C)C)c2c1. The molecular formula is C26H36O6. The number of hydrogen-bond acceptors (Lipinski definition) is 6. The van der Waals surface area contributed by atoms with Gasteiger partial charge in [0.15, 0.2) is 0 Å². The third-order valence-corrected chi connectivity index (χ3v) is 5.19. The summed E-state index contributed by atoms with van der Waals surface area (Å²) in [6, 6.07) is 7.55. The van der Waals surface area contributed by atoms with Crippen LogP contribution in [0, 0.1) is 11.8 Å². The highest BCUT2D eigenvalue weighted by atomic mass is 16.7. The summed E-state index contributed by atoms with van der Waals surface area (Å²) >= 11 is 0. The fraction of sp³-hybridized carbons (Fsp3) is 0.538. The van der Waals surface area contributed by atoms with Crippen molar-refractivity contribution in [1.29, 1.82) is 0 Å². The van der Waals surface area contributed by atoms with E-state index in [0.717, 1.165) is 30.4 Å². The number of hydrogen-bond donors (Lipinski definition) is 0. The standard InChI is InChI=1S/C26H36O6/c1-7-19-9-10-21-22(15-19)23(31-25(27)29-13-11-17(3)4)16-20(8-2)24(21)32-26(28)30-14-12-18(5)6/h9-10,15-18H,7-8,11-14H2,1-6H3. The summed E-state index contributed by atoms with van der Waals surface area (Å²) in [5.41, 5.74) is 1.82. The van der Waals surface area contributed by atoms with Crippen LogP contribution in [0.1, 0.15) is 65.5 Å². The van der Waals surface area contributed by atoms with E-state index < -0.39 is 12.3 Å². The van der Waals surface area contributed by atoms with Gasteiger partial charge in [0.05, 0.1) is 13.2 Å². The summed E-state index contributed by atoms with van der Waals surface area (Å²) in [7, 11) is 0. The van der Waals surface area contributed by atoms with Crippen LogP contribution < -0.4 is 9.47 Å². The van der Waals surface area contributed by atoms with E-state index in [-0.39, 0.29) is 0 Å². The lowest BCUT2D eigenvalue weighted by Crippen LogP contribution is -2.15. The molecule has 0 saturated carbocycles. The summed E-state index contributed by atoms with van der Waals surface area (Å²) in [4.78, 5) is 24.6. The van der Waals surface area contributed by atoms with Crippen molar-refractivity contribution in [1.82, 2.24) is 0 Å². The van der Waals surface area contributed by atoms with Gasteiger partial charge in [-0.25, -0.2) is 9.59 Å². The minimum Gasteiger partial charge on any atom is -0.434 e. The van der Waals surface area contributed by atoms with Crippen LogP contribution in [0.25, 0.3) is 10.8 Å². The van der Waals surface area contributed by atoms with Crippen molar-refractivity contribution in [3.8, 4) is 11.5 Å². The molecule has 0 aliphatic carbocycles. The zero-order valence-corrected chi connectivity index (χ0v) is 20.2. The van der Waals surface area contributed by atoms with Crippen LogP contribution in [0.5, 0.6) is 11.5 Å². The fourth-order valence-corrected chi connectivity index (χ4v) is 3.14. The number of carbonyl (C=O) groups excluding carboxylic acids is 2. The molecule has 0 fully saturated rings. The Morgan fingerprint density at radius 2 is 1.38 bits per heavy atom. The quantitative estimate of drug-likeness (QED) is 0.288. The second kappa shape index (κ2) is 12.3. The Labute approximate surface area is 191 Å². The molecule has 32 heavy (non-hydrogen) atoms. The van der Waals surface area contributed by atoms with Crippen molar-refractivity contribution in [3.63, 3.8) is 0 Å². The maximum atomic E-state index is 12.3. The summed E-state index contributed by atoms with van der Waals surface area (Å²) in [5, 5.41) is 1.37. The molecule has 0 radical (unpaired) electrons. The fourth-order valence-electron chi connectivity index (χ4n) is 3.14. The first kappa shape index (κ1) is 25.5. The first-order valence-electron chi connectivity index (χ1n) is 11.5. The van der Waals surface area contributed by atoms with Gasteiger partial charge in [0.1, 0.15) is 11.5 Å². The molecule has 0 N–H and O–H groups in total. The Morgan fingerprint density at radius 1 is 0.781 bits per heavy atom. The molecule has 0 unspecified atom stereocenters. The third kappa shape index (κ3) is 7.43. The number of aryl methyl sites for hydroxylation is 2. The lowest BCUT2D eigenvalue weighted by atomic mass is 9.99. The largest absolute Gasteiger partial charge is 0.513 e. The monoisotopic (exact) mass is 444 g/mol. The van der Waals surface area contributed by atoms with Crippen molar-refractivity contribution in [2.75, 3.05) is 13.2 Å². The lowest BCUT2D eigenvalue weighted by molar-refractivity contribution is 0.0931. The Bertz CT molecular complexity index is 916. The predicted octanol–water partition coefficient (Wildman–Crippen LogP) is 7.09. The van der Waals surface area contributed by atoms with E-state index in [2.05, 4.69) is 27.7 Å². The van der Waals surface area contributed by atoms with Crippen molar-refractivity contribution in [2.24, 2.45) is 11.8 Å². The normalized spacial score (nSPS) is 11.1. The molecule has 176 valence electrons. The van der Waals surface area contributed by atoms with Gasteiger partial charge in [0.25, 0.3) is 0 Å². The summed E-state index contributed by atoms with van der Waals surface area (Å²) < 4.78 is 21.7. The Hall–Kier alpha value is -2.76. The van der Waals surface area contributed by atoms with Gasteiger partial charge in [-0.3, -0.25) is 0 Å². The van der Waals surface area contributed by atoms with Crippen LogP contribution in [0.4, 0.5) is 9.59 Å². The highest BCUT2D eigenvalue weighted by molar-refractivity contribution is 5.97. The molecule has 0 spiro atoms. The van der Waals surface area contributed by atoms with Crippen LogP contribution in [0.15, 0.2) is 24.3 Å². The topological polar surface area (TPSA) is 71.1 Å². The van der Waals surface area contributed by atoms with Gasteiger partial charge in [-0.05, 0) is 60.8 Å². The van der Waals surface area contributed by atoms with Crippen LogP contribution in [0.3, 0.4) is 0 Å². The van der Waals surface area contributed by atoms with E-state index in [0.29, 0.717) is 53.7 Å². The maximum absolute atomic E-state index is 12.3. The second-order valence-electron chi connectivity index (χ2n) is 8.72. The first-order chi connectivity index (χ1) is 15.2. The molecule has 6 nitrogen and oxygen atoms in total. The third-order valence-electron chi connectivity index (χ3n) is 5.19. The van der Waals surface area contributed by atoms with Crippen LogP contribution >= 0.6 is 0 Å². The first-order valence-corrected chi connectivity index (χ1v) is 11.5. The summed E-state index contributed by atoms with van der Waals surface area (Å²) in [6.07, 6.45) is 1.46. The minimum atomic E-state index is -0.738. The van der Waals surface area contributed by atoms with E-state index in [1.165, 1.54) is 0 Å². The van der Waals surface area contributed by atoms with Gasteiger partial charge >= 0.3 is 12.3 Å². The van der Waals surface area contributed by atoms with Gasteiger partial charge in [-0.1, -0.05) is 53.7 Å². The van der Waals surface area contributed by atoms with Gasteiger partial charge in [-0.2, -0.15) is 0 Å². The Morgan fingerprint density at radius 3 is 1.91 bits per heavy atom. The molecule has 2 rings (SSSR count). The van der Waals surface area contributed by atoms with Crippen LogP contribution in [-0.2, 0) is 22.3 Å². The molecule has 2 aromatic rings. The van der Waals surface area contributed by atoms with Gasteiger partial charge in [-0.15, -0.1) is 0 Å². The van der Waals surface area contributed by atoms with Crippen LogP contribution in [0.2, 0.25) is 0 Å². The van der Waals surface area contributed by atoms with Gasteiger partial charge < -0.3 is 18.9 Å². The maximum Gasteiger partial charge on any atom is 0.513 e. The average molecular weight is 445 g/mol. The van der Waals surface area contributed by atoms with E-state index in [4.69, 9.17) is 18.9 Å². The summed E-state index contributed by atoms with van der Waals surface area (Å²) in [5.74, 6) is 1.68. The van der Waals surface area contributed by atoms with E-state index in [1.54, 1.807) is 6.07 Å². The number of fused-ring (bicyclic) bond motifs is 1. The molecule has 0 aromatic heterocycles. The molecule has 0 aliphatic rings. The number of benzene rings is 2. The summed E-state index contributed by atoms with van der Waals surface area (Å²) in [6.45, 7) is 12.9. The Kier molecular flexibility index (Phi) is 9.82. The van der Waals surface area contributed by atoms with Crippen molar-refractivity contribution in [2.45, 2.75) is 67.2 Å². The Balaban J connectivity index is 2.34. The molecule has 0 bridgehead atoms. The molecule has 2 aromatic carbocycles. The zero-order chi connectivity index (χ0) is 23.7. The predicted molar refractivity (Wildman–Crippen MR) is 126 cm³/mol. The highest BCUT2D eigenvalue weighted by Crippen LogP contribution is 2.38. The molecular weight excluding hydrogens is 408 g/mol. The van der Waals surface area contributed by atoms with Crippen molar-refractivity contribution >= 4 is 23.1 Å². The van der Waals surface area contributed by atoms with E-state index >= 15 is 0 Å². The molecule has 6 heteroatoms.